The maximum absolute atomic E-state index is 13.6. The van der Waals surface area contributed by atoms with Gasteiger partial charge in [0.15, 0.2) is 0 Å². The van der Waals surface area contributed by atoms with Gasteiger partial charge in [0.1, 0.15) is 17.1 Å². The summed E-state index contributed by atoms with van der Waals surface area (Å²) >= 11 is 0. The third kappa shape index (κ3) is 5.19. The quantitative estimate of drug-likeness (QED) is 0.500. The lowest BCUT2D eigenvalue weighted by atomic mass is 9.87. The fraction of sp³-hybridized carbons (Fsp3) is 0.286. The van der Waals surface area contributed by atoms with Crippen LogP contribution in [0.25, 0.3) is 11.0 Å². The molecule has 3 aromatic rings. The highest BCUT2D eigenvalue weighted by molar-refractivity contribution is 7.86. The second-order valence-electron chi connectivity index (χ2n) is 7.91. The molecule has 6 nitrogen and oxygen atoms in total. The summed E-state index contributed by atoms with van der Waals surface area (Å²) in [6, 6.07) is 9.46. The van der Waals surface area contributed by atoms with Gasteiger partial charge in [-0.2, -0.15) is 21.6 Å². The lowest BCUT2D eigenvalue weighted by molar-refractivity contribution is -0.154. The number of hydrogen-bond donors (Lipinski definition) is 0. The van der Waals surface area contributed by atoms with Gasteiger partial charge in [-0.3, -0.25) is 4.79 Å². The van der Waals surface area contributed by atoms with Crippen molar-refractivity contribution in [2.24, 2.45) is 0 Å². The first-order chi connectivity index (χ1) is 14.1. The van der Waals surface area contributed by atoms with Gasteiger partial charge in [0.2, 0.25) is 11.2 Å². The molecule has 2 aromatic carbocycles. The summed E-state index contributed by atoms with van der Waals surface area (Å²) in [5.41, 5.74) is -0.795. The summed E-state index contributed by atoms with van der Waals surface area (Å²) in [4.78, 5) is 12.8. The zero-order valence-electron chi connectivity index (χ0n) is 17.0. The number of ether oxygens (including phenoxy) is 1. The molecule has 0 aliphatic rings. The summed E-state index contributed by atoms with van der Waals surface area (Å²) in [6.07, 6.45) is -4.27. The van der Waals surface area contributed by atoms with Crippen molar-refractivity contribution in [3.05, 3.63) is 64.0 Å². The van der Waals surface area contributed by atoms with Gasteiger partial charge in [0.25, 0.3) is 5.76 Å². The first kappa shape index (κ1) is 22.7. The van der Waals surface area contributed by atoms with E-state index in [4.69, 9.17) is 9.15 Å². The second-order valence-corrected chi connectivity index (χ2v) is 9.48. The predicted molar refractivity (Wildman–Crippen MR) is 108 cm³/mol. The van der Waals surface area contributed by atoms with E-state index in [9.17, 15) is 26.4 Å². The van der Waals surface area contributed by atoms with Crippen molar-refractivity contribution in [1.82, 2.24) is 0 Å². The van der Waals surface area contributed by atoms with Gasteiger partial charge in [-0.1, -0.05) is 32.9 Å². The molecule has 0 radical (unpaired) electrons. The third-order valence-electron chi connectivity index (χ3n) is 4.27. The summed E-state index contributed by atoms with van der Waals surface area (Å²) in [7, 11) is -3.92. The first-order valence-corrected chi connectivity index (χ1v) is 10.8. The SMILES string of the molecule is CC(C)(C)c1ccc(Oc2c(C(F)(F)F)oc3cc(OS(C)(=O)=O)ccc3c2=O)cc1. The lowest BCUT2D eigenvalue weighted by Gasteiger charge is -2.19. The molecule has 0 aliphatic carbocycles. The van der Waals surface area contributed by atoms with Crippen LogP contribution in [0.15, 0.2) is 51.7 Å². The fourth-order valence-electron chi connectivity index (χ4n) is 2.80. The largest absolute Gasteiger partial charge is 0.453 e. The van der Waals surface area contributed by atoms with Crippen LogP contribution in [0.5, 0.6) is 17.2 Å². The monoisotopic (exact) mass is 456 g/mol. The molecule has 0 bridgehead atoms. The molecule has 0 amide bonds. The highest BCUT2D eigenvalue weighted by atomic mass is 32.2. The Balaban J connectivity index is 2.13. The average molecular weight is 456 g/mol. The zero-order chi connectivity index (χ0) is 23.2. The summed E-state index contributed by atoms with van der Waals surface area (Å²) < 4.78 is 78.2. The van der Waals surface area contributed by atoms with Crippen LogP contribution in [0, 0.1) is 0 Å². The van der Waals surface area contributed by atoms with E-state index in [1.165, 1.54) is 12.1 Å². The standard InChI is InChI=1S/C21H19F3O6S/c1-20(2,3)12-5-7-13(8-6-12)28-18-17(25)15-10-9-14(30-31(4,26)27)11-16(15)29-19(18)21(22,23)24/h5-11H,1-4H3. The molecule has 1 aromatic heterocycles. The average Bonchev–Trinajstić information content (AvgIpc) is 2.61. The number of fused-ring (bicyclic) bond motifs is 1. The number of rotatable bonds is 4. The van der Waals surface area contributed by atoms with E-state index < -0.39 is 38.8 Å². The van der Waals surface area contributed by atoms with Crippen LogP contribution in [0.4, 0.5) is 13.2 Å². The summed E-state index contributed by atoms with van der Waals surface area (Å²) in [5.74, 6) is -2.92. The molecular formula is C21H19F3O6S. The molecule has 0 fully saturated rings. The van der Waals surface area contributed by atoms with Crippen LogP contribution < -0.4 is 14.3 Å². The van der Waals surface area contributed by atoms with Gasteiger partial charge >= 0.3 is 16.3 Å². The fourth-order valence-corrected chi connectivity index (χ4v) is 3.26. The van der Waals surface area contributed by atoms with E-state index >= 15 is 0 Å². The van der Waals surface area contributed by atoms with Gasteiger partial charge in [-0.25, -0.2) is 0 Å². The zero-order valence-corrected chi connectivity index (χ0v) is 17.8. The van der Waals surface area contributed by atoms with Crippen LogP contribution in [-0.4, -0.2) is 14.7 Å². The van der Waals surface area contributed by atoms with Crippen LogP contribution in [0.3, 0.4) is 0 Å². The molecule has 0 N–H and O–H groups in total. The maximum Gasteiger partial charge on any atom is 0.453 e. The molecule has 1 heterocycles. The Hall–Kier alpha value is -3.01. The number of alkyl halides is 3. The minimum absolute atomic E-state index is 0.0298. The van der Waals surface area contributed by atoms with Gasteiger partial charge in [-0.05, 0) is 35.2 Å². The normalized spacial score (nSPS) is 12.7. The van der Waals surface area contributed by atoms with Gasteiger partial charge in [0, 0.05) is 6.07 Å². The maximum atomic E-state index is 13.6. The Morgan fingerprint density at radius 2 is 1.52 bits per heavy atom. The molecule has 0 atom stereocenters. The number of hydrogen-bond acceptors (Lipinski definition) is 6. The van der Waals surface area contributed by atoms with E-state index in [1.807, 2.05) is 20.8 Å². The first-order valence-electron chi connectivity index (χ1n) is 9.01. The molecule has 31 heavy (non-hydrogen) atoms. The van der Waals surface area contributed by atoms with Gasteiger partial charge in [0.05, 0.1) is 11.6 Å². The smallest absolute Gasteiger partial charge is 0.449 e. The van der Waals surface area contributed by atoms with Crippen LogP contribution in [0.1, 0.15) is 32.1 Å². The van der Waals surface area contributed by atoms with Crippen molar-refractivity contribution in [2.75, 3.05) is 6.26 Å². The Bertz CT molecular complexity index is 1280. The molecule has 0 saturated carbocycles. The Kier molecular flexibility index (Phi) is 5.56. The number of benzene rings is 2. The van der Waals surface area contributed by atoms with E-state index in [0.29, 0.717) is 0 Å². The van der Waals surface area contributed by atoms with E-state index in [-0.39, 0.29) is 22.3 Å². The Morgan fingerprint density at radius 1 is 0.935 bits per heavy atom. The molecule has 0 aliphatic heterocycles. The van der Waals surface area contributed by atoms with Crippen molar-refractivity contribution in [3.8, 4) is 17.2 Å². The minimum Gasteiger partial charge on any atom is -0.449 e. The Morgan fingerprint density at radius 3 is 2.03 bits per heavy atom. The van der Waals surface area contributed by atoms with Crippen LogP contribution in [-0.2, 0) is 21.7 Å². The molecule has 166 valence electrons. The van der Waals surface area contributed by atoms with E-state index in [0.717, 1.165) is 30.0 Å². The van der Waals surface area contributed by atoms with Gasteiger partial charge in [-0.15, -0.1) is 0 Å². The summed E-state index contributed by atoms with van der Waals surface area (Å²) in [5, 5.41) is -0.227. The van der Waals surface area contributed by atoms with Crippen molar-refractivity contribution in [2.45, 2.75) is 32.4 Å². The van der Waals surface area contributed by atoms with E-state index in [2.05, 4.69) is 4.18 Å². The molecule has 0 unspecified atom stereocenters. The Labute approximate surface area is 176 Å². The molecule has 10 heteroatoms. The lowest BCUT2D eigenvalue weighted by Crippen LogP contribution is -2.16. The van der Waals surface area contributed by atoms with Crippen LogP contribution >= 0.6 is 0 Å². The molecule has 0 saturated heterocycles. The molecule has 3 rings (SSSR count). The predicted octanol–water partition coefficient (Wildman–Crippen LogP) is 5.24. The minimum atomic E-state index is -5.04. The third-order valence-corrected chi connectivity index (χ3v) is 4.76. The van der Waals surface area contributed by atoms with Crippen molar-refractivity contribution in [3.63, 3.8) is 0 Å². The van der Waals surface area contributed by atoms with Crippen molar-refractivity contribution < 1.29 is 34.9 Å². The highest BCUT2D eigenvalue weighted by Gasteiger charge is 2.40. The van der Waals surface area contributed by atoms with Crippen LogP contribution in [0.2, 0.25) is 0 Å². The summed E-state index contributed by atoms with van der Waals surface area (Å²) in [6.45, 7) is 5.93. The second kappa shape index (κ2) is 7.60. The van der Waals surface area contributed by atoms with Crippen molar-refractivity contribution >= 4 is 21.1 Å². The molecular weight excluding hydrogens is 437 g/mol. The topological polar surface area (TPSA) is 82.8 Å². The van der Waals surface area contributed by atoms with Gasteiger partial charge < -0.3 is 13.3 Å². The van der Waals surface area contributed by atoms with Crippen molar-refractivity contribution in [1.29, 1.82) is 0 Å². The highest BCUT2D eigenvalue weighted by Crippen LogP contribution is 2.39. The molecule has 0 spiro atoms. The number of halogens is 3. The van der Waals surface area contributed by atoms with E-state index in [1.54, 1.807) is 12.1 Å².